The van der Waals surface area contributed by atoms with Crippen LogP contribution in [0.2, 0.25) is 5.02 Å². The quantitative estimate of drug-likeness (QED) is 0.648. The van der Waals surface area contributed by atoms with Crippen LogP contribution in [0.15, 0.2) is 58.2 Å². The van der Waals surface area contributed by atoms with Crippen LogP contribution in [-0.4, -0.2) is 49.1 Å². The van der Waals surface area contributed by atoms with Gasteiger partial charge in [0.1, 0.15) is 0 Å². The number of aromatic nitrogens is 2. The second kappa shape index (κ2) is 8.45. The summed E-state index contributed by atoms with van der Waals surface area (Å²) >= 11 is 6.09. The summed E-state index contributed by atoms with van der Waals surface area (Å²) in [6.07, 6.45) is 0. The lowest BCUT2D eigenvalue weighted by molar-refractivity contribution is 0.384. The van der Waals surface area contributed by atoms with E-state index in [2.05, 4.69) is 15.1 Å². The topological polar surface area (TPSA) is 86.4 Å². The van der Waals surface area contributed by atoms with Crippen LogP contribution in [0.25, 0.3) is 11.3 Å². The van der Waals surface area contributed by atoms with E-state index in [4.69, 9.17) is 11.6 Å². The average molecular weight is 459 g/mol. The van der Waals surface area contributed by atoms with Crippen molar-refractivity contribution < 1.29 is 8.42 Å². The third-order valence-corrected chi connectivity index (χ3v) is 7.88. The van der Waals surface area contributed by atoms with E-state index in [-0.39, 0.29) is 10.5 Å². The number of halogens is 1. The molecule has 1 fully saturated rings. The van der Waals surface area contributed by atoms with E-state index >= 15 is 0 Å². The third-order valence-electron chi connectivity index (χ3n) is 5.62. The van der Waals surface area contributed by atoms with Gasteiger partial charge in [0.2, 0.25) is 10.0 Å². The maximum atomic E-state index is 13.5. The molecule has 162 valence electrons. The molecule has 0 atom stereocenters. The number of piperazine rings is 1. The van der Waals surface area contributed by atoms with Crippen molar-refractivity contribution in [2.45, 2.75) is 18.7 Å². The number of nitrogens with one attached hydrogen (secondary N) is 1. The number of aromatic amines is 1. The Bertz CT molecular complexity index is 1260. The molecule has 1 N–H and O–H groups in total. The summed E-state index contributed by atoms with van der Waals surface area (Å²) in [4.78, 5) is 13.7. The van der Waals surface area contributed by atoms with Gasteiger partial charge in [-0.2, -0.15) is 9.40 Å². The molecule has 3 aromatic rings. The number of anilines is 1. The van der Waals surface area contributed by atoms with Gasteiger partial charge in [-0.15, -0.1) is 0 Å². The van der Waals surface area contributed by atoms with Gasteiger partial charge in [0.25, 0.3) is 5.56 Å². The minimum atomic E-state index is -3.69. The number of aryl methyl sites for hydroxylation is 1. The lowest BCUT2D eigenvalue weighted by atomic mass is 10.0. The molecule has 0 radical (unpaired) electrons. The summed E-state index contributed by atoms with van der Waals surface area (Å²) in [5, 5.41) is 7.10. The zero-order chi connectivity index (χ0) is 22.2. The van der Waals surface area contributed by atoms with Crippen molar-refractivity contribution in [1.29, 1.82) is 0 Å². The van der Waals surface area contributed by atoms with Crippen LogP contribution in [-0.2, 0) is 10.0 Å². The second-order valence-corrected chi connectivity index (χ2v) is 9.94. The Morgan fingerprint density at radius 3 is 2.39 bits per heavy atom. The molecule has 1 aliphatic heterocycles. The molecule has 4 rings (SSSR count). The fourth-order valence-corrected chi connectivity index (χ4v) is 5.68. The van der Waals surface area contributed by atoms with Crippen LogP contribution in [0, 0.1) is 13.8 Å². The van der Waals surface area contributed by atoms with E-state index in [1.807, 2.05) is 44.2 Å². The highest BCUT2D eigenvalue weighted by Crippen LogP contribution is 2.30. The molecule has 1 aromatic heterocycles. The molecule has 31 heavy (non-hydrogen) atoms. The summed E-state index contributed by atoms with van der Waals surface area (Å²) in [6, 6.07) is 14.1. The monoisotopic (exact) mass is 458 g/mol. The molecule has 0 spiro atoms. The van der Waals surface area contributed by atoms with Crippen LogP contribution in [0.3, 0.4) is 0 Å². The van der Waals surface area contributed by atoms with Crippen molar-refractivity contribution >= 4 is 27.3 Å². The van der Waals surface area contributed by atoms with Crippen LogP contribution in [0.4, 0.5) is 5.69 Å². The Kier molecular flexibility index (Phi) is 5.88. The average Bonchev–Trinajstić information content (AvgIpc) is 2.76. The van der Waals surface area contributed by atoms with Crippen LogP contribution in [0.1, 0.15) is 11.1 Å². The molecule has 0 aliphatic carbocycles. The smallest absolute Gasteiger partial charge is 0.264 e. The minimum Gasteiger partial charge on any atom is -0.369 e. The highest BCUT2D eigenvalue weighted by atomic mass is 35.5. The zero-order valence-corrected chi connectivity index (χ0v) is 18.9. The van der Waals surface area contributed by atoms with Crippen molar-refractivity contribution in [3.05, 3.63) is 75.0 Å². The number of hydrogen-bond donors (Lipinski definition) is 1. The predicted octanol–water partition coefficient (Wildman–Crippen LogP) is 3.22. The molecular formula is C22H23ClN4O3S. The predicted molar refractivity (Wildman–Crippen MR) is 122 cm³/mol. The molecular weight excluding hydrogens is 436 g/mol. The number of benzene rings is 2. The SMILES string of the molecule is Cc1cc(-c2ccc(=O)[nH]n2)cc(S(=O)(=O)N2CCN(c3cccc(Cl)c3)CC2)c1C. The van der Waals surface area contributed by atoms with Crippen molar-refractivity contribution in [1.82, 2.24) is 14.5 Å². The van der Waals surface area contributed by atoms with Crippen LogP contribution in [0.5, 0.6) is 0 Å². The minimum absolute atomic E-state index is 0.270. The largest absolute Gasteiger partial charge is 0.369 e. The fraction of sp³-hybridized carbons (Fsp3) is 0.273. The molecule has 7 nitrogen and oxygen atoms in total. The van der Waals surface area contributed by atoms with Gasteiger partial charge in [0, 0.05) is 48.5 Å². The lowest BCUT2D eigenvalue weighted by Crippen LogP contribution is -2.48. The van der Waals surface area contributed by atoms with E-state index in [1.165, 1.54) is 10.4 Å². The molecule has 0 bridgehead atoms. The van der Waals surface area contributed by atoms with E-state index in [9.17, 15) is 13.2 Å². The van der Waals surface area contributed by atoms with Gasteiger partial charge in [-0.3, -0.25) is 4.79 Å². The molecule has 0 unspecified atom stereocenters. The third kappa shape index (κ3) is 4.37. The summed E-state index contributed by atoms with van der Waals surface area (Å²) in [7, 11) is -3.69. The number of hydrogen-bond acceptors (Lipinski definition) is 5. The number of nitrogens with zero attached hydrogens (tertiary/aromatic N) is 3. The zero-order valence-electron chi connectivity index (χ0n) is 17.3. The fourth-order valence-electron chi connectivity index (χ4n) is 3.75. The van der Waals surface area contributed by atoms with Gasteiger partial charge in [-0.1, -0.05) is 17.7 Å². The Hall–Kier alpha value is -2.68. The number of sulfonamides is 1. The first kappa shape index (κ1) is 21.5. The van der Waals surface area contributed by atoms with E-state index in [0.717, 1.165) is 11.3 Å². The standard InChI is InChI=1S/C22H23ClN4O3S/c1-15-12-17(20-6-7-22(28)25-24-20)13-21(16(15)2)31(29,30)27-10-8-26(9-11-27)19-5-3-4-18(23)14-19/h3-7,12-14H,8-11H2,1-2H3,(H,25,28). The second-order valence-electron chi connectivity index (χ2n) is 7.59. The van der Waals surface area contributed by atoms with E-state index in [0.29, 0.717) is 48.0 Å². The molecule has 1 aliphatic rings. The first-order valence-corrected chi connectivity index (χ1v) is 11.8. The molecule has 2 aromatic carbocycles. The number of rotatable bonds is 4. The Morgan fingerprint density at radius 2 is 1.74 bits per heavy atom. The van der Waals surface area contributed by atoms with Gasteiger partial charge in [-0.25, -0.2) is 13.5 Å². The lowest BCUT2D eigenvalue weighted by Gasteiger charge is -2.35. The van der Waals surface area contributed by atoms with Gasteiger partial charge in [0.15, 0.2) is 0 Å². The summed E-state index contributed by atoms with van der Waals surface area (Å²) in [6.45, 7) is 5.62. The maximum Gasteiger partial charge on any atom is 0.264 e. The first-order chi connectivity index (χ1) is 14.8. The Balaban J connectivity index is 1.61. The van der Waals surface area contributed by atoms with E-state index in [1.54, 1.807) is 12.1 Å². The summed E-state index contributed by atoms with van der Waals surface area (Å²) in [5.41, 5.74) is 3.41. The van der Waals surface area contributed by atoms with Crippen molar-refractivity contribution in [2.75, 3.05) is 31.1 Å². The molecule has 0 saturated carbocycles. The van der Waals surface area contributed by atoms with Crippen molar-refractivity contribution in [3.63, 3.8) is 0 Å². The summed E-state index contributed by atoms with van der Waals surface area (Å²) < 4.78 is 28.5. The Labute approximate surface area is 186 Å². The van der Waals surface area contributed by atoms with Crippen molar-refractivity contribution in [2.24, 2.45) is 0 Å². The highest BCUT2D eigenvalue weighted by Gasteiger charge is 2.30. The van der Waals surface area contributed by atoms with Gasteiger partial charge in [-0.05, 0) is 61.4 Å². The molecule has 9 heteroatoms. The van der Waals surface area contributed by atoms with Gasteiger partial charge in [0.05, 0.1) is 10.6 Å². The van der Waals surface area contributed by atoms with Gasteiger partial charge < -0.3 is 4.90 Å². The van der Waals surface area contributed by atoms with Crippen LogP contribution < -0.4 is 10.5 Å². The molecule has 0 amide bonds. The van der Waals surface area contributed by atoms with Crippen LogP contribution >= 0.6 is 11.6 Å². The first-order valence-electron chi connectivity index (χ1n) is 9.94. The number of H-pyrrole nitrogens is 1. The normalized spacial score (nSPS) is 15.3. The summed E-state index contributed by atoms with van der Waals surface area (Å²) in [5.74, 6) is 0. The van der Waals surface area contributed by atoms with Gasteiger partial charge >= 0.3 is 0 Å². The highest BCUT2D eigenvalue weighted by molar-refractivity contribution is 7.89. The maximum absolute atomic E-state index is 13.5. The van der Waals surface area contributed by atoms with E-state index < -0.39 is 10.0 Å². The molecule has 2 heterocycles. The van der Waals surface area contributed by atoms with Crippen molar-refractivity contribution in [3.8, 4) is 11.3 Å². The Morgan fingerprint density at radius 1 is 1.00 bits per heavy atom. The molecule has 1 saturated heterocycles.